The van der Waals surface area contributed by atoms with Crippen molar-refractivity contribution in [1.29, 1.82) is 0 Å². The molecule has 1 atom stereocenters. The summed E-state index contributed by atoms with van der Waals surface area (Å²) in [5.41, 5.74) is 1.85. The topological polar surface area (TPSA) is 12.0 Å². The Morgan fingerprint density at radius 2 is 1.72 bits per heavy atom. The van der Waals surface area contributed by atoms with E-state index in [2.05, 4.69) is 70.3 Å². The van der Waals surface area contributed by atoms with Gasteiger partial charge in [-0.15, -0.1) is 0 Å². The number of benzene rings is 1. The molecule has 1 aromatic rings. The predicted molar refractivity (Wildman–Crippen MR) is 81.0 cm³/mol. The molecule has 0 aliphatic heterocycles. The molecule has 18 heavy (non-hydrogen) atoms. The molecule has 0 heterocycles. The van der Waals surface area contributed by atoms with Crippen LogP contribution in [-0.2, 0) is 0 Å². The third-order valence-electron chi connectivity index (χ3n) is 3.96. The number of nitrogens with one attached hydrogen (secondary N) is 1. The first-order chi connectivity index (χ1) is 8.46. The van der Waals surface area contributed by atoms with Gasteiger partial charge in [0.2, 0.25) is 0 Å². The van der Waals surface area contributed by atoms with E-state index in [0.717, 1.165) is 13.1 Å². The van der Waals surface area contributed by atoms with Crippen LogP contribution >= 0.6 is 0 Å². The van der Waals surface area contributed by atoms with E-state index in [4.69, 9.17) is 0 Å². The number of hydrogen-bond acceptors (Lipinski definition) is 1. The van der Waals surface area contributed by atoms with E-state index in [9.17, 15) is 0 Å². The molecule has 0 amide bonds. The Bertz CT molecular complexity index is 327. The largest absolute Gasteiger partial charge is 0.316 e. The first-order valence-corrected chi connectivity index (χ1v) is 7.22. The summed E-state index contributed by atoms with van der Waals surface area (Å²) in [7, 11) is 0. The zero-order chi connectivity index (χ0) is 13.6. The molecule has 0 aliphatic rings. The molecule has 0 bridgehead atoms. The van der Waals surface area contributed by atoms with E-state index in [0.29, 0.717) is 17.3 Å². The zero-order valence-electron chi connectivity index (χ0n) is 12.7. The summed E-state index contributed by atoms with van der Waals surface area (Å²) >= 11 is 0. The Morgan fingerprint density at radius 1 is 1.11 bits per heavy atom. The smallest absolute Gasteiger partial charge is 0.00228 e. The highest BCUT2D eigenvalue weighted by Crippen LogP contribution is 2.24. The summed E-state index contributed by atoms with van der Waals surface area (Å²) in [6.07, 6.45) is 1.22. The highest BCUT2D eigenvalue weighted by Gasteiger charge is 2.18. The molecule has 1 rings (SSSR count). The fourth-order valence-electron chi connectivity index (χ4n) is 2.13. The SMILES string of the molecule is CCC(C)(C)CNCC(c1ccccc1)C(C)C. The van der Waals surface area contributed by atoms with E-state index >= 15 is 0 Å². The molecule has 1 aromatic carbocycles. The fourth-order valence-corrected chi connectivity index (χ4v) is 2.13. The minimum atomic E-state index is 0.401. The average Bonchev–Trinajstić information content (AvgIpc) is 2.35. The average molecular weight is 247 g/mol. The monoisotopic (exact) mass is 247 g/mol. The standard InChI is InChI=1S/C17H29N/c1-6-17(4,5)13-18-12-16(14(2)3)15-10-8-7-9-11-15/h7-11,14,16,18H,6,12-13H2,1-5H3. The van der Waals surface area contributed by atoms with Crippen LogP contribution in [0.3, 0.4) is 0 Å². The van der Waals surface area contributed by atoms with Crippen molar-refractivity contribution in [3.05, 3.63) is 35.9 Å². The summed E-state index contributed by atoms with van der Waals surface area (Å²) in [5.74, 6) is 1.28. The molecule has 0 radical (unpaired) electrons. The Labute approximate surface area is 113 Å². The third kappa shape index (κ3) is 4.81. The normalized spacial score (nSPS) is 13.9. The Morgan fingerprint density at radius 3 is 2.22 bits per heavy atom. The van der Waals surface area contributed by atoms with Crippen LogP contribution in [-0.4, -0.2) is 13.1 Å². The molecular formula is C17H29N. The summed E-state index contributed by atoms with van der Waals surface area (Å²) in [6, 6.07) is 10.9. The van der Waals surface area contributed by atoms with Crippen molar-refractivity contribution >= 4 is 0 Å². The van der Waals surface area contributed by atoms with Gasteiger partial charge in [0, 0.05) is 13.1 Å². The lowest BCUT2D eigenvalue weighted by molar-refractivity contribution is 0.317. The van der Waals surface area contributed by atoms with E-state index in [1.165, 1.54) is 12.0 Å². The van der Waals surface area contributed by atoms with Crippen LogP contribution in [0.4, 0.5) is 0 Å². The van der Waals surface area contributed by atoms with Gasteiger partial charge in [0.15, 0.2) is 0 Å². The fraction of sp³-hybridized carbons (Fsp3) is 0.647. The minimum Gasteiger partial charge on any atom is -0.316 e. The first-order valence-electron chi connectivity index (χ1n) is 7.22. The van der Waals surface area contributed by atoms with Gasteiger partial charge in [-0.2, -0.15) is 0 Å². The molecule has 0 spiro atoms. The van der Waals surface area contributed by atoms with E-state index in [-0.39, 0.29) is 0 Å². The third-order valence-corrected chi connectivity index (χ3v) is 3.96. The second-order valence-corrected chi connectivity index (χ2v) is 6.41. The molecule has 0 aromatic heterocycles. The Hall–Kier alpha value is -0.820. The predicted octanol–water partition coefficient (Wildman–Crippen LogP) is 4.45. The van der Waals surface area contributed by atoms with Gasteiger partial charge in [0.1, 0.15) is 0 Å². The maximum atomic E-state index is 3.66. The van der Waals surface area contributed by atoms with Gasteiger partial charge in [-0.1, -0.05) is 65.0 Å². The van der Waals surface area contributed by atoms with Gasteiger partial charge >= 0.3 is 0 Å². The molecular weight excluding hydrogens is 218 g/mol. The number of hydrogen-bond donors (Lipinski definition) is 1. The molecule has 0 fully saturated rings. The lowest BCUT2D eigenvalue weighted by Gasteiger charge is -2.27. The van der Waals surface area contributed by atoms with Crippen LogP contribution in [0.25, 0.3) is 0 Å². The molecule has 102 valence electrons. The maximum Gasteiger partial charge on any atom is 0.00228 e. The van der Waals surface area contributed by atoms with Crippen LogP contribution in [0, 0.1) is 11.3 Å². The van der Waals surface area contributed by atoms with Crippen molar-refractivity contribution in [3.63, 3.8) is 0 Å². The molecule has 0 saturated carbocycles. The van der Waals surface area contributed by atoms with Crippen LogP contribution in [0.5, 0.6) is 0 Å². The quantitative estimate of drug-likeness (QED) is 0.750. The van der Waals surface area contributed by atoms with E-state index in [1.807, 2.05) is 0 Å². The highest BCUT2D eigenvalue weighted by molar-refractivity contribution is 5.20. The second-order valence-electron chi connectivity index (χ2n) is 6.41. The summed E-state index contributed by atoms with van der Waals surface area (Å²) in [6.45, 7) is 13.7. The van der Waals surface area contributed by atoms with Gasteiger partial charge < -0.3 is 5.32 Å². The minimum absolute atomic E-state index is 0.401. The summed E-state index contributed by atoms with van der Waals surface area (Å²) in [5, 5.41) is 3.66. The molecule has 1 heteroatoms. The van der Waals surface area contributed by atoms with Gasteiger partial charge in [-0.25, -0.2) is 0 Å². The molecule has 0 aliphatic carbocycles. The number of rotatable bonds is 7. The summed E-state index contributed by atoms with van der Waals surface area (Å²) < 4.78 is 0. The molecule has 1 nitrogen and oxygen atoms in total. The van der Waals surface area contributed by atoms with Crippen LogP contribution in [0.2, 0.25) is 0 Å². The first kappa shape index (κ1) is 15.2. The maximum absolute atomic E-state index is 3.66. The van der Waals surface area contributed by atoms with Crippen molar-refractivity contribution in [1.82, 2.24) is 5.32 Å². The molecule has 1 N–H and O–H groups in total. The van der Waals surface area contributed by atoms with Crippen LogP contribution < -0.4 is 5.32 Å². The second kappa shape index (κ2) is 6.94. The molecule has 1 unspecified atom stereocenters. The molecule has 0 saturated heterocycles. The van der Waals surface area contributed by atoms with Crippen molar-refractivity contribution in [2.75, 3.05) is 13.1 Å². The van der Waals surface area contributed by atoms with Crippen molar-refractivity contribution in [2.24, 2.45) is 11.3 Å². The zero-order valence-corrected chi connectivity index (χ0v) is 12.7. The lowest BCUT2D eigenvalue weighted by atomic mass is 9.87. The van der Waals surface area contributed by atoms with Crippen LogP contribution in [0.15, 0.2) is 30.3 Å². The van der Waals surface area contributed by atoms with Crippen molar-refractivity contribution in [3.8, 4) is 0 Å². The Kier molecular flexibility index (Phi) is 5.87. The highest BCUT2D eigenvalue weighted by atomic mass is 14.9. The lowest BCUT2D eigenvalue weighted by Crippen LogP contribution is -2.33. The van der Waals surface area contributed by atoms with Crippen molar-refractivity contribution in [2.45, 2.75) is 47.0 Å². The van der Waals surface area contributed by atoms with Gasteiger partial charge in [-0.05, 0) is 29.2 Å². The van der Waals surface area contributed by atoms with Gasteiger partial charge in [-0.3, -0.25) is 0 Å². The van der Waals surface area contributed by atoms with E-state index < -0.39 is 0 Å². The van der Waals surface area contributed by atoms with Crippen molar-refractivity contribution < 1.29 is 0 Å². The van der Waals surface area contributed by atoms with Gasteiger partial charge in [0.25, 0.3) is 0 Å². The van der Waals surface area contributed by atoms with E-state index in [1.54, 1.807) is 0 Å². The summed E-state index contributed by atoms with van der Waals surface area (Å²) in [4.78, 5) is 0. The Balaban J connectivity index is 2.55. The van der Waals surface area contributed by atoms with Crippen LogP contribution in [0.1, 0.15) is 52.5 Å². The van der Waals surface area contributed by atoms with Gasteiger partial charge in [0.05, 0.1) is 0 Å².